The first-order valence-corrected chi connectivity index (χ1v) is 7.34. The van der Waals surface area contributed by atoms with Crippen LogP contribution in [0.15, 0.2) is 41.4 Å². The second kappa shape index (κ2) is 6.95. The number of aryl methyl sites for hydroxylation is 2. The Kier molecular flexibility index (Phi) is 5.17. The van der Waals surface area contributed by atoms with Crippen molar-refractivity contribution in [3.63, 3.8) is 0 Å². The van der Waals surface area contributed by atoms with E-state index in [1.54, 1.807) is 18.5 Å². The van der Waals surface area contributed by atoms with Crippen LogP contribution in [0.2, 0.25) is 0 Å². The molecule has 0 unspecified atom stereocenters. The summed E-state index contributed by atoms with van der Waals surface area (Å²) in [5.41, 5.74) is 1.85. The molecule has 24 heavy (non-hydrogen) atoms. The van der Waals surface area contributed by atoms with Crippen LogP contribution in [0.4, 0.5) is 18.9 Å². The van der Waals surface area contributed by atoms with Gasteiger partial charge in [-0.2, -0.15) is 13.2 Å². The fourth-order valence-corrected chi connectivity index (χ4v) is 2.22. The van der Waals surface area contributed by atoms with Gasteiger partial charge in [0.1, 0.15) is 11.5 Å². The van der Waals surface area contributed by atoms with Crippen molar-refractivity contribution in [3.8, 4) is 11.5 Å². The SMILES string of the molecule is Cc1cc(Oc2cccc(C(F)(F)F)c2)cc(C)c1/N=C/N(C)C. The van der Waals surface area contributed by atoms with Gasteiger partial charge in [0.05, 0.1) is 17.6 Å². The molecule has 0 saturated heterocycles. The molecule has 0 radical (unpaired) electrons. The highest BCUT2D eigenvalue weighted by molar-refractivity contribution is 5.66. The van der Waals surface area contributed by atoms with Crippen LogP contribution in [-0.4, -0.2) is 25.3 Å². The number of alkyl halides is 3. The molecular formula is C18H19F3N2O. The zero-order chi connectivity index (χ0) is 17.9. The monoisotopic (exact) mass is 336 g/mol. The third kappa shape index (κ3) is 4.50. The molecule has 0 aliphatic heterocycles. The van der Waals surface area contributed by atoms with E-state index in [9.17, 15) is 13.2 Å². The number of hydrogen-bond acceptors (Lipinski definition) is 2. The van der Waals surface area contributed by atoms with Gasteiger partial charge in [-0.25, -0.2) is 4.99 Å². The minimum Gasteiger partial charge on any atom is -0.457 e. The predicted molar refractivity (Wildman–Crippen MR) is 89.3 cm³/mol. The third-order valence-electron chi connectivity index (χ3n) is 3.28. The van der Waals surface area contributed by atoms with E-state index in [0.717, 1.165) is 28.9 Å². The molecule has 3 nitrogen and oxygen atoms in total. The van der Waals surface area contributed by atoms with Crippen molar-refractivity contribution in [2.75, 3.05) is 14.1 Å². The van der Waals surface area contributed by atoms with E-state index in [1.807, 2.05) is 32.8 Å². The molecule has 0 atom stereocenters. The van der Waals surface area contributed by atoms with Crippen LogP contribution in [0.5, 0.6) is 11.5 Å². The van der Waals surface area contributed by atoms with Gasteiger partial charge in [-0.05, 0) is 55.3 Å². The maximum absolute atomic E-state index is 12.8. The fraction of sp³-hybridized carbons (Fsp3) is 0.278. The first kappa shape index (κ1) is 17.8. The minimum absolute atomic E-state index is 0.146. The van der Waals surface area contributed by atoms with E-state index in [1.165, 1.54) is 12.1 Å². The number of ether oxygens (including phenoxy) is 1. The lowest BCUT2D eigenvalue weighted by Crippen LogP contribution is -2.07. The largest absolute Gasteiger partial charge is 0.457 e. The maximum Gasteiger partial charge on any atom is 0.416 e. The van der Waals surface area contributed by atoms with Gasteiger partial charge in [0.15, 0.2) is 0 Å². The summed E-state index contributed by atoms with van der Waals surface area (Å²) in [6.07, 6.45) is -2.70. The van der Waals surface area contributed by atoms with Crippen LogP contribution >= 0.6 is 0 Å². The molecule has 2 aromatic carbocycles. The molecule has 128 valence electrons. The average molecular weight is 336 g/mol. The maximum atomic E-state index is 12.8. The Morgan fingerprint density at radius 1 is 1.00 bits per heavy atom. The van der Waals surface area contributed by atoms with Crippen molar-refractivity contribution in [2.24, 2.45) is 4.99 Å². The van der Waals surface area contributed by atoms with Crippen molar-refractivity contribution < 1.29 is 17.9 Å². The van der Waals surface area contributed by atoms with E-state index < -0.39 is 11.7 Å². The van der Waals surface area contributed by atoms with Crippen molar-refractivity contribution in [1.82, 2.24) is 4.90 Å². The summed E-state index contributed by atoms with van der Waals surface area (Å²) in [4.78, 5) is 6.22. The second-order valence-corrected chi connectivity index (χ2v) is 5.74. The van der Waals surface area contributed by atoms with Crippen molar-refractivity contribution in [1.29, 1.82) is 0 Å². The standard InChI is InChI=1S/C18H19F3N2O/c1-12-8-16(9-13(2)17(12)22-11-23(3)4)24-15-7-5-6-14(10-15)18(19,20)21/h5-11H,1-4H3/b22-11+. The Morgan fingerprint density at radius 2 is 1.62 bits per heavy atom. The molecule has 0 N–H and O–H groups in total. The van der Waals surface area contributed by atoms with Gasteiger partial charge >= 0.3 is 6.18 Å². The van der Waals surface area contributed by atoms with Gasteiger partial charge < -0.3 is 9.64 Å². The first-order chi connectivity index (χ1) is 11.2. The van der Waals surface area contributed by atoms with Crippen LogP contribution in [0.3, 0.4) is 0 Å². The summed E-state index contributed by atoms with van der Waals surface area (Å²) in [7, 11) is 3.75. The molecule has 0 aliphatic rings. The predicted octanol–water partition coefficient (Wildman–Crippen LogP) is 5.34. The second-order valence-electron chi connectivity index (χ2n) is 5.74. The van der Waals surface area contributed by atoms with Gasteiger partial charge in [-0.15, -0.1) is 0 Å². The van der Waals surface area contributed by atoms with E-state index >= 15 is 0 Å². The zero-order valence-electron chi connectivity index (χ0n) is 14.0. The highest BCUT2D eigenvalue weighted by Gasteiger charge is 2.30. The summed E-state index contributed by atoms with van der Waals surface area (Å²) in [6, 6.07) is 8.35. The molecule has 0 fully saturated rings. The highest BCUT2D eigenvalue weighted by Crippen LogP contribution is 2.34. The highest BCUT2D eigenvalue weighted by atomic mass is 19.4. The lowest BCUT2D eigenvalue weighted by molar-refractivity contribution is -0.137. The van der Waals surface area contributed by atoms with Gasteiger partial charge in [0.25, 0.3) is 0 Å². The van der Waals surface area contributed by atoms with Gasteiger partial charge in [0.2, 0.25) is 0 Å². The van der Waals surface area contributed by atoms with Crippen LogP contribution < -0.4 is 4.74 Å². The van der Waals surface area contributed by atoms with Crippen LogP contribution in [0.25, 0.3) is 0 Å². The number of hydrogen-bond donors (Lipinski definition) is 0. The normalized spacial score (nSPS) is 11.8. The fourth-order valence-electron chi connectivity index (χ4n) is 2.22. The summed E-state index contributed by atoms with van der Waals surface area (Å²) >= 11 is 0. The lowest BCUT2D eigenvalue weighted by Gasteiger charge is -2.13. The molecule has 0 spiro atoms. The molecule has 0 heterocycles. The topological polar surface area (TPSA) is 24.8 Å². The summed E-state index contributed by atoms with van der Waals surface area (Å²) in [6.45, 7) is 3.77. The number of aliphatic imine (C=N–C) groups is 1. The molecule has 0 aliphatic carbocycles. The number of benzene rings is 2. The molecule has 0 bridgehead atoms. The Balaban J connectivity index is 2.29. The van der Waals surface area contributed by atoms with E-state index in [4.69, 9.17) is 4.74 Å². The smallest absolute Gasteiger partial charge is 0.416 e. The van der Waals surface area contributed by atoms with Gasteiger partial charge in [-0.1, -0.05) is 6.07 Å². The summed E-state index contributed by atoms with van der Waals surface area (Å²) in [5, 5.41) is 0. The number of halogens is 3. The van der Waals surface area contributed by atoms with Crippen LogP contribution in [0, 0.1) is 13.8 Å². The Morgan fingerprint density at radius 3 is 2.17 bits per heavy atom. The lowest BCUT2D eigenvalue weighted by atomic mass is 10.1. The first-order valence-electron chi connectivity index (χ1n) is 7.34. The summed E-state index contributed by atoms with van der Waals surface area (Å²) in [5.74, 6) is 0.626. The Hall–Kier alpha value is -2.50. The Bertz CT molecular complexity index is 729. The van der Waals surface area contributed by atoms with Gasteiger partial charge in [-0.3, -0.25) is 0 Å². The van der Waals surface area contributed by atoms with Crippen molar-refractivity contribution in [3.05, 3.63) is 53.1 Å². The summed E-state index contributed by atoms with van der Waals surface area (Å²) < 4.78 is 43.9. The number of nitrogens with zero attached hydrogens (tertiary/aromatic N) is 2. The Labute approximate surface area is 139 Å². The molecule has 2 aromatic rings. The molecule has 6 heteroatoms. The number of rotatable bonds is 4. The van der Waals surface area contributed by atoms with Crippen molar-refractivity contribution >= 4 is 12.0 Å². The van der Waals surface area contributed by atoms with Crippen LogP contribution in [0.1, 0.15) is 16.7 Å². The molecule has 0 aromatic heterocycles. The van der Waals surface area contributed by atoms with E-state index in [2.05, 4.69) is 4.99 Å². The van der Waals surface area contributed by atoms with Crippen LogP contribution in [-0.2, 0) is 6.18 Å². The van der Waals surface area contributed by atoms with Crippen molar-refractivity contribution in [2.45, 2.75) is 20.0 Å². The van der Waals surface area contributed by atoms with Gasteiger partial charge in [0, 0.05) is 14.1 Å². The minimum atomic E-state index is -4.39. The quantitative estimate of drug-likeness (QED) is 0.556. The third-order valence-corrected chi connectivity index (χ3v) is 3.28. The zero-order valence-corrected chi connectivity index (χ0v) is 14.0. The van der Waals surface area contributed by atoms with E-state index in [-0.39, 0.29) is 5.75 Å². The van der Waals surface area contributed by atoms with E-state index in [0.29, 0.717) is 5.75 Å². The molecule has 2 rings (SSSR count). The molecule has 0 saturated carbocycles. The average Bonchev–Trinajstić information content (AvgIpc) is 2.45. The molecular weight excluding hydrogens is 317 g/mol. The molecule has 0 amide bonds.